The normalized spacial score (nSPS) is 13.5. The minimum Gasteiger partial charge on any atom is -0.379 e. The first kappa shape index (κ1) is 32.0. The van der Waals surface area contributed by atoms with Crippen LogP contribution in [0.15, 0.2) is 0 Å². The molecule has 0 aliphatic carbocycles. The molecule has 0 saturated heterocycles. The van der Waals surface area contributed by atoms with Crippen LogP contribution in [0.1, 0.15) is 110 Å². The molecular weight excluding hydrogens is 429 g/mol. The zero-order valence-electron chi connectivity index (χ0n) is 20.8. The molecule has 32 heavy (non-hydrogen) atoms. The molecule has 0 bridgehead atoms. The van der Waals surface area contributed by atoms with E-state index in [9.17, 15) is 9.46 Å². The average Bonchev–Trinajstić information content (AvgIpc) is 2.78. The molecule has 0 aromatic heterocycles. The summed E-state index contributed by atoms with van der Waals surface area (Å²) in [7, 11) is -4.00. The Morgan fingerprint density at radius 2 is 0.938 bits per heavy atom. The van der Waals surface area contributed by atoms with Crippen molar-refractivity contribution in [1.29, 1.82) is 0 Å². The van der Waals surface area contributed by atoms with Gasteiger partial charge in [-0.3, -0.25) is 9.05 Å². The van der Waals surface area contributed by atoms with Crippen molar-refractivity contribution >= 4 is 7.82 Å². The molecule has 7 nitrogen and oxygen atoms in total. The molecule has 0 saturated carbocycles. The third-order valence-electron chi connectivity index (χ3n) is 5.37. The maximum Gasteiger partial charge on any atom is 0.472 e. The highest BCUT2D eigenvalue weighted by molar-refractivity contribution is 7.47. The van der Waals surface area contributed by atoms with Crippen molar-refractivity contribution in [2.75, 3.05) is 46.2 Å². The molecule has 1 atom stereocenters. The number of hydrogen-bond acceptors (Lipinski definition) is 6. The largest absolute Gasteiger partial charge is 0.472 e. The van der Waals surface area contributed by atoms with Crippen LogP contribution in [-0.2, 0) is 23.1 Å². The van der Waals surface area contributed by atoms with E-state index in [1.807, 2.05) is 0 Å². The quantitative estimate of drug-likeness (QED) is 0.104. The zero-order chi connectivity index (χ0) is 23.6. The summed E-state index contributed by atoms with van der Waals surface area (Å²) in [5, 5.41) is 0. The van der Waals surface area contributed by atoms with Crippen LogP contribution >= 0.6 is 7.82 Å². The van der Waals surface area contributed by atoms with Gasteiger partial charge in [-0.05, 0) is 6.42 Å². The van der Waals surface area contributed by atoms with E-state index in [1.54, 1.807) is 0 Å². The Morgan fingerprint density at radius 1 is 0.562 bits per heavy atom. The van der Waals surface area contributed by atoms with Crippen LogP contribution in [0.2, 0.25) is 0 Å². The van der Waals surface area contributed by atoms with Crippen molar-refractivity contribution in [2.45, 2.75) is 110 Å². The monoisotopic (exact) mass is 481 g/mol. The smallest absolute Gasteiger partial charge is 0.379 e. The second-order valence-corrected chi connectivity index (χ2v) is 9.91. The zero-order valence-corrected chi connectivity index (χ0v) is 21.7. The topological polar surface area (TPSA) is 100 Å². The number of unbranched alkanes of at least 4 members (excludes halogenated alkanes) is 15. The van der Waals surface area contributed by atoms with Crippen LogP contribution in [0.5, 0.6) is 0 Å². The van der Waals surface area contributed by atoms with Gasteiger partial charge in [-0.2, -0.15) is 0 Å². The van der Waals surface area contributed by atoms with Crippen molar-refractivity contribution in [3.63, 3.8) is 0 Å². The SMILES string of the molecule is CCCCCCCCCCCCCCCCCCOCCOCCOP(=O)(O)OCCN. The molecule has 0 rings (SSSR count). The Balaban J connectivity index is 3.11. The van der Waals surface area contributed by atoms with E-state index in [-0.39, 0.29) is 26.4 Å². The van der Waals surface area contributed by atoms with Crippen LogP contribution in [0.25, 0.3) is 0 Å². The van der Waals surface area contributed by atoms with E-state index in [0.29, 0.717) is 13.2 Å². The number of ether oxygens (including phenoxy) is 2. The Morgan fingerprint density at radius 3 is 1.41 bits per heavy atom. The van der Waals surface area contributed by atoms with Gasteiger partial charge in [0.1, 0.15) is 0 Å². The number of phosphoric acid groups is 1. The molecule has 194 valence electrons. The van der Waals surface area contributed by atoms with E-state index < -0.39 is 7.82 Å². The average molecular weight is 482 g/mol. The third-order valence-corrected chi connectivity index (χ3v) is 6.39. The molecule has 0 aliphatic heterocycles. The van der Waals surface area contributed by atoms with E-state index in [4.69, 9.17) is 19.7 Å². The van der Waals surface area contributed by atoms with Gasteiger partial charge < -0.3 is 20.1 Å². The summed E-state index contributed by atoms with van der Waals surface area (Å²) in [5.41, 5.74) is 5.20. The van der Waals surface area contributed by atoms with Crippen molar-refractivity contribution in [2.24, 2.45) is 5.73 Å². The van der Waals surface area contributed by atoms with Gasteiger partial charge in [0.2, 0.25) is 0 Å². The number of rotatable bonds is 27. The summed E-state index contributed by atoms with van der Waals surface area (Å²) >= 11 is 0. The van der Waals surface area contributed by atoms with Crippen molar-refractivity contribution < 1.29 is 28.0 Å². The Kier molecular flexibility index (Phi) is 25.6. The molecule has 0 amide bonds. The maximum atomic E-state index is 11.4. The number of nitrogens with two attached hydrogens (primary N) is 1. The predicted molar refractivity (Wildman–Crippen MR) is 132 cm³/mol. The van der Waals surface area contributed by atoms with Gasteiger partial charge in [0.25, 0.3) is 0 Å². The highest BCUT2D eigenvalue weighted by atomic mass is 31.2. The van der Waals surface area contributed by atoms with Crippen LogP contribution in [-0.4, -0.2) is 51.1 Å². The van der Waals surface area contributed by atoms with Crippen LogP contribution in [0, 0.1) is 0 Å². The van der Waals surface area contributed by atoms with Gasteiger partial charge in [0.15, 0.2) is 0 Å². The van der Waals surface area contributed by atoms with E-state index >= 15 is 0 Å². The first-order valence-corrected chi connectivity index (χ1v) is 14.6. The van der Waals surface area contributed by atoms with Crippen LogP contribution in [0.3, 0.4) is 0 Å². The van der Waals surface area contributed by atoms with Gasteiger partial charge in [-0.1, -0.05) is 103 Å². The molecule has 0 radical (unpaired) electrons. The molecule has 0 aliphatic rings. The summed E-state index contributed by atoms with van der Waals surface area (Å²) < 4.78 is 31.6. The lowest BCUT2D eigenvalue weighted by Crippen LogP contribution is -2.11. The molecular formula is C24H52NO6P. The highest BCUT2D eigenvalue weighted by Crippen LogP contribution is 2.42. The Hall–Kier alpha value is -0.0100. The first-order valence-electron chi connectivity index (χ1n) is 13.1. The molecule has 0 aromatic rings. The first-order chi connectivity index (χ1) is 15.6. The summed E-state index contributed by atoms with van der Waals surface area (Å²) in [6.45, 7) is 4.38. The molecule has 1 unspecified atom stereocenters. The minimum atomic E-state index is -4.00. The lowest BCUT2D eigenvalue weighted by Gasteiger charge is -2.11. The standard InChI is InChI=1S/C24H52NO6P/c1-2-3-4-5-6-7-8-9-10-11-12-13-14-15-16-17-19-28-21-22-29-23-24-31-32(26,27)30-20-18-25/h2-25H2,1H3,(H,26,27). The lowest BCUT2D eigenvalue weighted by molar-refractivity contribution is 0.0292. The predicted octanol–water partition coefficient (Wildman–Crippen LogP) is 6.37. The maximum absolute atomic E-state index is 11.4. The molecule has 0 heterocycles. The van der Waals surface area contributed by atoms with Crippen LogP contribution < -0.4 is 5.73 Å². The van der Waals surface area contributed by atoms with E-state index in [2.05, 4.69) is 11.4 Å². The molecule has 0 aromatic carbocycles. The lowest BCUT2D eigenvalue weighted by atomic mass is 10.0. The number of phosphoric ester groups is 1. The molecule has 0 fully saturated rings. The van der Waals surface area contributed by atoms with Crippen molar-refractivity contribution in [3.05, 3.63) is 0 Å². The molecule has 8 heteroatoms. The molecule has 3 N–H and O–H groups in total. The van der Waals surface area contributed by atoms with Crippen molar-refractivity contribution in [3.8, 4) is 0 Å². The van der Waals surface area contributed by atoms with Gasteiger partial charge in [-0.25, -0.2) is 4.57 Å². The summed E-state index contributed by atoms with van der Waals surface area (Å²) in [6.07, 6.45) is 21.9. The third kappa shape index (κ3) is 26.2. The molecule has 0 spiro atoms. The summed E-state index contributed by atoms with van der Waals surface area (Å²) in [5.74, 6) is 0. The fourth-order valence-corrected chi connectivity index (χ4v) is 4.21. The second kappa shape index (κ2) is 25.6. The van der Waals surface area contributed by atoms with Crippen LogP contribution in [0.4, 0.5) is 0 Å². The van der Waals surface area contributed by atoms with E-state index in [1.165, 1.54) is 96.3 Å². The second-order valence-electron chi connectivity index (χ2n) is 8.45. The Labute approximate surface area is 197 Å². The fraction of sp³-hybridized carbons (Fsp3) is 1.00. The summed E-state index contributed by atoms with van der Waals surface area (Å²) in [4.78, 5) is 9.29. The van der Waals surface area contributed by atoms with Gasteiger partial charge in [0, 0.05) is 13.2 Å². The fourth-order valence-electron chi connectivity index (χ4n) is 3.49. The van der Waals surface area contributed by atoms with Gasteiger partial charge in [-0.15, -0.1) is 0 Å². The summed E-state index contributed by atoms with van der Waals surface area (Å²) in [6, 6.07) is 0. The minimum absolute atomic E-state index is 0.00251. The van der Waals surface area contributed by atoms with Crippen molar-refractivity contribution in [1.82, 2.24) is 0 Å². The number of hydrogen-bond donors (Lipinski definition) is 2. The van der Waals surface area contributed by atoms with Gasteiger partial charge in [0.05, 0.1) is 33.0 Å². The van der Waals surface area contributed by atoms with Gasteiger partial charge >= 0.3 is 7.82 Å². The highest BCUT2D eigenvalue weighted by Gasteiger charge is 2.19. The van der Waals surface area contributed by atoms with E-state index in [0.717, 1.165) is 13.0 Å². The Bertz CT molecular complexity index is 414.